The summed E-state index contributed by atoms with van der Waals surface area (Å²) >= 11 is 7.75. The summed E-state index contributed by atoms with van der Waals surface area (Å²) in [7, 11) is 1.87. The molecular formula is C13H13ClFNS. The summed E-state index contributed by atoms with van der Waals surface area (Å²) in [6, 6.07) is 5.23. The van der Waals surface area contributed by atoms with Crippen LogP contribution in [0.15, 0.2) is 29.0 Å². The van der Waals surface area contributed by atoms with Crippen molar-refractivity contribution in [1.29, 1.82) is 0 Å². The zero-order chi connectivity index (χ0) is 12.4. The highest BCUT2D eigenvalue weighted by Crippen LogP contribution is 2.31. The fourth-order valence-electron chi connectivity index (χ4n) is 1.84. The minimum Gasteiger partial charge on any atom is -0.309 e. The van der Waals surface area contributed by atoms with Crippen LogP contribution in [-0.2, 0) is 0 Å². The Balaban J connectivity index is 2.48. The van der Waals surface area contributed by atoms with Crippen molar-refractivity contribution in [2.24, 2.45) is 0 Å². The van der Waals surface area contributed by atoms with E-state index in [4.69, 9.17) is 11.6 Å². The van der Waals surface area contributed by atoms with Crippen LogP contribution in [0.3, 0.4) is 0 Å². The van der Waals surface area contributed by atoms with Crippen LogP contribution in [0.2, 0.25) is 5.02 Å². The molecule has 2 aromatic rings. The van der Waals surface area contributed by atoms with Gasteiger partial charge in [0.15, 0.2) is 0 Å². The molecule has 1 N–H and O–H groups in total. The molecule has 0 bridgehead atoms. The zero-order valence-electron chi connectivity index (χ0n) is 9.63. The van der Waals surface area contributed by atoms with Crippen LogP contribution in [-0.4, -0.2) is 7.05 Å². The SMILES string of the molecule is CNC(c1ccsc1)c1cc(C)c(F)cc1Cl. The van der Waals surface area contributed by atoms with Gasteiger partial charge in [-0.25, -0.2) is 4.39 Å². The average molecular weight is 270 g/mol. The number of hydrogen-bond acceptors (Lipinski definition) is 2. The molecule has 1 aromatic heterocycles. The second-order valence-corrected chi connectivity index (χ2v) is 5.09. The lowest BCUT2D eigenvalue weighted by Gasteiger charge is -2.18. The van der Waals surface area contributed by atoms with Gasteiger partial charge in [-0.3, -0.25) is 0 Å². The average Bonchev–Trinajstić information content (AvgIpc) is 2.80. The fraction of sp³-hybridized carbons (Fsp3) is 0.231. The second kappa shape index (κ2) is 5.17. The number of rotatable bonds is 3. The molecule has 0 aliphatic rings. The van der Waals surface area contributed by atoms with Gasteiger partial charge in [-0.1, -0.05) is 11.6 Å². The minimum atomic E-state index is -0.265. The Labute approximate surface area is 109 Å². The van der Waals surface area contributed by atoms with Crippen molar-refractivity contribution in [3.63, 3.8) is 0 Å². The van der Waals surface area contributed by atoms with Crippen LogP contribution < -0.4 is 5.32 Å². The van der Waals surface area contributed by atoms with Gasteiger partial charge in [0, 0.05) is 5.02 Å². The van der Waals surface area contributed by atoms with Crippen LogP contribution in [0.25, 0.3) is 0 Å². The van der Waals surface area contributed by atoms with Gasteiger partial charge >= 0.3 is 0 Å². The molecule has 0 fully saturated rings. The van der Waals surface area contributed by atoms with Gasteiger partial charge in [-0.15, -0.1) is 0 Å². The maximum atomic E-state index is 13.4. The summed E-state index contributed by atoms with van der Waals surface area (Å²) in [5, 5.41) is 7.75. The van der Waals surface area contributed by atoms with Crippen molar-refractivity contribution >= 4 is 22.9 Å². The smallest absolute Gasteiger partial charge is 0.127 e. The van der Waals surface area contributed by atoms with Gasteiger partial charge in [0.25, 0.3) is 0 Å². The first-order valence-electron chi connectivity index (χ1n) is 5.28. The Morgan fingerprint density at radius 3 is 2.76 bits per heavy atom. The van der Waals surface area contributed by atoms with E-state index in [1.165, 1.54) is 6.07 Å². The molecule has 0 saturated carbocycles. The van der Waals surface area contributed by atoms with Crippen LogP contribution in [0.5, 0.6) is 0 Å². The normalized spacial score (nSPS) is 12.7. The molecule has 0 saturated heterocycles. The van der Waals surface area contributed by atoms with Crippen molar-refractivity contribution in [3.05, 3.63) is 56.5 Å². The van der Waals surface area contributed by atoms with Crippen molar-refractivity contribution in [2.75, 3.05) is 7.05 Å². The highest BCUT2D eigenvalue weighted by atomic mass is 35.5. The first kappa shape index (κ1) is 12.6. The number of halogens is 2. The topological polar surface area (TPSA) is 12.0 Å². The van der Waals surface area contributed by atoms with E-state index in [0.29, 0.717) is 10.6 Å². The Morgan fingerprint density at radius 2 is 2.18 bits per heavy atom. The molecule has 1 aromatic carbocycles. The monoisotopic (exact) mass is 269 g/mol. The number of nitrogens with one attached hydrogen (secondary N) is 1. The van der Waals surface area contributed by atoms with Crippen molar-refractivity contribution < 1.29 is 4.39 Å². The molecule has 1 heterocycles. The Morgan fingerprint density at radius 1 is 1.41 bits per heavy atom. The number of thiophene rings is 1. The van der Waals surface area contributed by atoms with Crippen LogP contribution in [0.4, 0.5) is 4.39 Å². The van der Waals surface area contributed by atoms with Gasteiger partial charge in [0.2, 0.25) is 0 Å². The molecule has 0 amide bonds. The van der Waals surface area contributed by atoms with Crippen LogP contribution in [0, 0.1) is 12.7 Å². The number of hydrogen-bond donors (Lipinski definition) is 1. The maximum absolute atomic E-state index is 13.4. The predicted octanol–water partition coefficient (Wildman–Crippen LogP) is 4.16. The second-order valence-electron chi connectivity index (χ2n) is 3.90. The van der Waals surface area contributed by atoms with Crippen molar-refractivity contribution in [2.45, 2.75) is 13.0 Å². The standard InChI is InChI=1S/C13H13ClFNS/c1-8-5-10(11(14)6-12(8)15)13(16-2)9-3-4-17-7-9/h3-7,13,16H,1-2H3. The molecule has 0 radical (unpaired) electrons. The molecule has 1 nitrogen and oxygen atoms in total. The summed E-state index contributed by atoms with van der Waals surface area (Å²) in [5.41, 5.74) is 2.66. The lowest BCUT2D eigenvalue weighted by Crippen LogP contribution is -2.17. The Bertz CT molecular complexity index is 510. The number of aryl methyl sites for hydroxylation is 1. The van der Waals surface area contributed by atoms with E-state index in [1.807, 2.05) is 18.5 Å². The van der Waals surface area contributed by atoms with E-state index in [9.17, 15) is 4.39 Å². The van der Waals surface area contributed by atoms with Gasteiger partial charge in [-0.2, -0.15) is 11.3 Å². The quantitative estimate of drug-likeness (QED) is 0.882. The first-order valence-corrected chi connectivity index (χ1v) is 6.60. The lowest BCUT2D eigenvalue weighted by molar-refractivity contribution is 0.614. The molecule has 1 unspecified atom stereocenters. The van der Waals surface area contributed by atoms with Crippen molar-refractivity contribution in [1.82, 2.24) is 5.32 Å². The molecule has 4 heteroatoms. The van der Waals surface area contributed by atoms with E-state index in [2.05, 4.69) is 10.7 Å². The molecule has 0 aliphatic carbocycles. The van der Waals surface area contributed by atoms with Gasteiger partial charge in [0.05, 0.1) is 6.04 Å². The van der Waals surface area contributed by atoms with Gasteiger partial charge in [-0.05, 0) is 59.6 Å². The third kappa shape index (κ3) is 2.51. The van der Waals surface area contributed by atoms with Gasteiger partial charge < -0.3 is 5.32 Å². The predicted molar refractivity (Wildman–Crippen MR) is 71.4 cm³/mol. The third-order valence-corrected chi connectivity index (χ3v) is 3.78. The molecule has 2 rings (SSSR count). The molecule has 17 heavy (non-hydrogen) atoms. The Hall–Kier alpha value is -0.900. The van der Waals surface area contributed by atoms with E-state index < -0.39 is 0 Å². The number of benzene rings is 1. The molecule has 0 spiro atoms. The van der Waals surface area contributed by atoms with Gasteiger partial charge in [0.1, 0.15) is 5.82 Å². The highest BCUT2D eigenvalue weighted by Gasteiger charge is 2.17. The van der Waals surface area contributed by atoms with Crippen molar-refractivity contribution in [3.8, 4) is 0 Å². The molecule has 90 valence electrons. The largest absolute Gasteiger partial charge is 0.309 e. The lowest BCUT2D eigenvalue weighted by atomic mass is 9.99. The fourth-order valence-corrected chi connectivity index (χ4v) is 2.79. The molecular weight excluding hydrogens is 257 g/mol. The molecule has 1 atom stereocenters. The van der Waals surface area contributed by atoms with E-state index in [0.717, 1.165) is 11.1 Å². The minimum absolute atomic E-state index is 0.00745. The highest BCUT2D eigenvalue weighted by molar-refractivity contribution is 7.08. The van der Waals surface area contributed by atoms with E-state index >= 15 is 0 Å². The van der Waals surface area contributed by atoms with Crippen LogP contribution in [0.1, 0.15) is 22.7 Å². The summed E-state index contributed by atoms with van der Waals surface area (Å²) in [4.78, 5) is 0. The maximum Gasteiger partial charge on any atom is 0.127 e. The van der Waals surface area contributed by atoms with E-state index in [1.54, 1.807) is 24.3 Å². The zero-order valence-corrected chi connectivity index (χ0v) is 11.2. The summed E-state index contributed by atoms with van der Waals surface area (Å²) in [5.74, 6) is -0.265. The summed E-state index contributed by atoms with van der Waals surface area (Å²) < 4.78 is 13.4. The molecule has 0 aliphatic heterocycles. The first-order chi connectivity index (χ1) is 8.13. The Kier molecular flexibility index (Phi) is 3.82. The third-order valence-electron chi connectivity index (χ3n) is 2.75. The van der Waals surface area contributed by atoms with Crippen LogP contribution >= 0.6 is 22.9 Å². The summed E-state index contributed by atoms with van der Waals surface area (Å²) in [6.07, 6.45) is 0. The summed E-state index contributed by atoms with van der Waals surface area (Å²) in [6.45, 7) is 1.75. The van der Waals surface area contributed by atoms with E-state index in [-0.39, 0.29) is 11.9 Å².